The molecular weight excluding hydrogens is 220 g/mol. The van der Waals surface area contributed by atoms with Crippen LogP contribution in [0.15, 0.2) is 24.3 Å². The van der Waals surface area contributed by atoms with Crippen molar-refractivity contribution in [2.45, 2.75) is 52.2 Å². The van der Waals surface area contributed by atoms with Crippen molar-refractivity contribution >= 4 is 0 Å². The van der Waals surface area contributed by atoms with E-state index >= 15 is 0 Å². The van der Waals surface area contributed by atoms with E-state index in [4.69, 9.17) is 0 Å². The number of hydrogen-bond acceptors (Lipinski definition) is 2. The van der Waals surface area contributed by atoms with Crippen LogP contribution < -0.4 is 5.32 Å². The number of nitrogens with zero attached hydrogens (tertiary/aromatic N) is 1. The van der Waals surface area contributed by atoms with Crippen LogP contribution in [0, 0.1) is 0 Å². The molecule has 1 atom stereocenters. The first-order valence-corrected chi connectivity index (χ1v) is 7.25. The Kier molecular flexibility index (Phi) is 4.79. The minimum Gasteiger partial charge on any atom is -0.309 e. The molecule has 18 heavy (non-hydrogen) atoms. The van der Waals surface area contributed by atoms with Crippen LogP contribution in [0.5, 0.6) is 0 Å². The lowest BCUT2D eigenvalue weighted by Gasteiger charge is -2.20. The standard InChI is InChI=1S/C16H26N2/c1-4-14-7-5-6-8-15(14)11-17-16-9-10-18(12-16)13(2)3/h5-8,13,16-17H,4,9-12H2,1-3H3. The average Bonchev–Trinajstić information content (AvgIpc) is 2.85. The Balaban J connectivity index is 1.85. The summed E-state index contributed by atoms with van der Waals surface area (Å²) in [7, 11) is 0. The summed E-state index contributed by atoms with van der Waals surface area (Å²) >= 11 is 0. The van der Waals surface area contributed by atoms with E-state index in [0.717, 1.165) is 13.0 Å². The first-order valence-electron chi connectivity index (χ1n) is 7.25. The zero-order chi connectivity index (χ0) is 13.0. The van der Waals surface area contributed by atoms with E-state index in [1.165, 1.54) is 30.6 Å². The fraction of sp³-hybridized carbons (Fsp3) is 0.625. The average molecular weight is 246 g/mol. The molecule has 2 nitrogen and oxygen atoms in total. The minimum absolute atomic E-state index is 0.664. The van der Waals surface area contributed by atoms with E-state index in [9.17, 15) is 0 Å². The molecule has 1 aromatic rings. The van der Waals surface area contributed by atoms with Crippen molar-refractivity contribution in [3.8, 4) is 0 Å². The van der Waals surface area contributed by atoms with Crippen LogP contribution in [-0.2, 0) is 13.0 Å². The van der Waals surface area contributed by atoms with Crippen molar-refractivity contribution in [1.82, 2.24) is 10.2 Å². The molecule has 1 aliphatic rings. The molecule has 0 amide bonds. The van der Waals surface area contributed by atoms with Gasteiger partial charge in [-0.15, -0.1) is 0 Å². The Bertz CT molecular complexity index is 373. The van der Waals surface area contributed by atoms with Crippen LogP contribution in [0.3, 0.4) is 0 Å². The topological polar surface area (TPSA) is 15.3 Å². The van der Waals surface area contributed by atoms with Gasteiger partial charge in [0.05, 0.1) is 0 Å². The summed E-state index contributed by atoms with van der Waals surface area (Å²) in [5, 5.41) is 3.72. The molecule has 1 aromatic carbocycles. The van der Waals surface area contributed by atoms with Gasteiger partial charge in [-0.3, -0.25) is 4.90 Å². The van der Waals surface area contributed by atoms with Crippen molar-refractivity contribution in [3.63, 3.8) is 0 Å². The van der Waals surface area contributed by atoms with Gasteiger partial charge >= 0.3 is 0 Å². The van der Waals surface area contributed by atoms with Crippen LogP contribution >= 0.6 is 0 Å². The lowest BCUT2D eigenvalue weighted by Crippen LogP contribution is -2.34. The molecule has 0 radical (unpaired) electrons. The molecule has 0 aromatic heterocycles. The van der Waals surface area contributed by atoms with E-state index < -0.39 is 0 Å². The van der Waals surface area contributed by atoms with E-state index in [-0.39, 0.29) is 0 Å². The van der Waals surface area contributed by atoms with Gasteiger partial charge in [0.15, 0.2) is 0 Å². The van der Waals surface area contributed by atoms with Crippen molar-refractivity contribution < 1.29 is 0 Å². The Morgan fingerprint density at radius 2 is 2.00 bits per heavy atom. The molecule has 0 bridgehead atoms. The highest BCUT2D eigenvalue weighted by atomic mass is 15.2. The first kappa shape index (κ1) is 13.6. The minimum atomic E-state index is 0.664. The van der Waals surface area contributed by atoms with Crippen LogP contribution in [0.2, 0.25) is 0 Å². The largest absolute Gasteiger partial charge is 0.309 e. The second-order valence-electron chi connectivity index (χ2n) is 5.58. The molecule has 2 rings (SSSR count). The van der Waals surface area contributed by atoms with Gasteiger partial charge in [0.1, 0.15) is 0 Å². The Morgan fingerprint density at radius 3 is 2.61 bits per heavy atom. The van der Waals surface area contributed by atoms with Gasteiger partial charge < -0.3 is 5.32 Å². The molecule has 1 N–H and O–H groups in total. The molecule has 1 heterocycles. The summed E-state index contributed by atoms with van der Waals surface area (Å²) in [5.41, 5.74) is 2.94. The molecule has 1 fully saturated rings. The molecule has 100 valence electrons. The summed E-state index contributed by atoms with van der Waals surface area (Å²) in [4.78, 5) is 2.56. The van der Waals surface area contributed by atoms with Crippen molar-refractivity contribution in [2.75, 3.05) is 13.1 Å². The molecule has 0 aliphatic carbocycles. The summed E-state index contributed by atoms with van der Waals surface area (Å²) in [6.07, 6.45) is 2.41. The maximum absolute atomic E-state index is 3.72. The summed E-state index contributed by atoms with van der Waals surface area (Å²) < 4.78 is 0. The monoisotopic (exact) mass is 246 g/mol. The third-order valence-corrected chi connectivity index (χ3v) is 4.03. The lowest BCUT2D eigenvalue weighted by atomic mass is 10.1. The normalized spacial score (nSPS) is 20.8. The first-order chi connectivity index (χ1) is 8.70. The Hall–Kier alpha value is -0.860. The fourth-order valence-corrected chi connectivity index (χ4v) is 2.75. The molecular formula is C16H26N2. The van der Waals surface area contributed by atoms with Gasteiger partial charge in [-0.2, -0.15) is 0 Å². The van der Waals surface area contributed by atoms with E-state index in [1.807, 2.05) is 0 Å². The second kappa shape index (κ2) is 6.35. The van der Waals surface area contributed by atoms with Crippen LogP contribution in [0.25, 0.3) is 0 Å². The van der Waals surface area contributed by atoms with Crippen molar-refractivity contribution in [3.05, 3.63) is 35.4 Å². The predicted molar refractivity (Wildman–Crippen MR) is 77.8 cm³/mol. The Morgan fingerprint density at radius 1 is 1.28 bits per heavy atom. The molecule has 1 unspecified atom stereocenters. The molecule has 2 heteroatoms. The highest BCUT2D eigenvalue weighted by Gasteiger charge is 2.23. The van der Waals surface area contributed by atoms with Crippen molar-refractivity contribution in [1.29, 1.82) is 0 Å². The highest BCUT2D eigenvalue weighted by Crippen LogP contribution is 2.14. The third kappa shape index (κ3) is 3.33. The van der Waals surface area contributed by atoms with Gasteiger partial charge in [-0.25, -0.2) is 0 Å². The van der Waals surface area contributed by atoms with Crippen LogP contribution in [-0.4, -0.2) is 30.1 Å². The van der Waals surface area contributed by atoms with Gasteiger partial charge in [0.2, 0.25) is 0 Å². The molecule has 1 aliphatic heterocycles. The van der Waals surface area contributed by atoms with Gasteiger partial charge in [0, 0.05) is 25.2 Å². The molecule has 0 spiro atoms. The molecule has 1 saturated heterocycles. The predicted octanol–water partition coefficient (Wildman–Crippen LogP) is 2.82. The van der Waals surface area contributed by atoms with E-state index in [0.29, 0.717) is 12.1 Å². The maximum atomic E-state index is 3.72. The number of rotatable bonds is 5. The van der Waals surface area contributed by atoms with Gasteiger partial charge in [0.25, 0.3) is 0 Å². The quantitative estimate of drug-likeness (QED) is 0.859. The van der Waals surface area contributed by atoms with Gasteiger partial charge in [-0.05, 0) is 44.4 Å². The van der Waals surface area contributed by atoms with E-state index in [1.54, 1.807) is 0 Å². The van der Waals surface area contributed by atoms with E-state index in [2.05, 4.69) is 55.3 Å². The SMILES string of the molecule is CCc1ccccc1CNC1CCN(C(C)C)C1. The van der Waals surface area contributed by atoms with Crippen LogP contribution in [0.4, 0.5) is 0 Å². The van der Waals surface area contributed by atoms with Gasteiger partial charge in [-0.1, -0.05) is 31.2 Å². The zero-order valence-electron chi connectivity index (χ0n) is 11.9. The number of hydrogen-bond donors (Lipinski definition) is 1. The number of nitrogens with one attached hydrogen (secondary N) is 1. The highest BCUT2D eigenvalue weighted by molar-refractivity contribution is 5.26. The second-order valence-corrected chi connectivity index (χ2v) is 5.58. The molecule has 0 saturated carbocycles. The van der Waals surface area contributed by atoms with Crippen LogP contribution in [0.1, 0.15) is 38.3 Å². The number of likely N-dealkylation sites (tertiary alicyclic amines) is 1. The lowest BCUT2D eigenvalue weighted by molar-refractivity contribution is 0.268. The zero-order valence-corrected chi connectivity index (χ0v) is 11.9. The summed E-state index contributed by atoms with van der Waals surface area (Å²) in [6, 6.07) is 10.1. The number of aryl methyl sites for hydroxylation is 1. The smallest absolute Gasteiger partial charge is 0.0211 e. The third-order valence-electron chi connectivity index (χ3n) is 4.03. The summed E-state index contributed by atoms with van der Waals surface area (Å²) in [6.45, 7) is 10.3. The Labute approximate surface area is 111 Å². The maximum Gasteiger partial charge on any atom is 0.0211 e. The van der Waals surface area contributed by atoms with Crippen molar-refractivity contribution in [2.24, 2.45) is 0 Å². The fourth-order valence-electron chi connectivity index (χ4n) is 2.75. The summed E-state index contributed by atoms with van der Waals surface area (Å²) in [5.74, 6) is 0. The number of benzene rings is 1.